The van der Waals surface area contributed by atoms with Gasteiger partial charge in [-0.05, 0) is 48.8 Å². The lowest BCUT2D eigenvalue weighted by Crippen LogP contribution is -2.52. The molecule has 0 bridgehead atoms. The summed E-state index contributed by atoms with van der Waals surface area (Å²) < 4.78 is 57.7. The molecule has 0 radical (unpaired) electrons. The predicted molar refractivity (Wildman–Crippen MR) is 184 cm³/mol. The lowest BCUT2D eigenvalue weighted by atomic mass is 9.87. The number of carbonyl (C=O) groups is 2. The van der Waals surface area contributed by atoms with Crippen LogP contribution in [0, 0.1) is 17.3 Å². The largest absolute Gasteiger partial charge is 0.454 e. The first-order valence-corrected chi connectivity index (χ1v) is 18.9. The Kier molecular flexibility index (Phi) is 12.6. The minimum Gasteiger partial charge on any atom is -0.454 e. The number of aliphatic hydroxyl groups excluding tert-OH is 1. The number of nitrogens with one attached hydrogen (secondary N) is 2. The molecule has 0 aromatic heterocycles. The van der Waals surface area contributed by atoms with E-state index in [1.165, 1.54) is 16.4 Å². The molecule has 50 heavy (non-hydrogen) atoms. The molecule has 3 aliphatic rings. The Bertz CT molecular complexity index is 1550. The maximum Gasteiger partial charge on any atom is 0.407 e. The summed E-state index contributed by atoms with van der Waals surface area (Å²) in [7, 11) is -4.16. The molecule has 3 N–H and O–H groups in total. The number of sulfonamides is 1. The molecule has 2 fully saturated rings. The van der Waals surface area contributed by atoms with Gasteiger partial charge in [0.05, 0.1) is 36.2 Å². The Morgan fingerprint density at radius 1 is 1.06 bits per heavy atom. The fourth-order valence-electron chi connectivity index (χ4n) is 6.49. The van der Waals surface area contributed by atoms with Crippen LogP contribution in [-0.2, 0) is 35.4 Å². The fourth-order valence-corrected chi connectivity index (χ4v) is 8.15. The van der Waals surface area contributed by atoms with E-state index >= 15 is 0 Å². The standard InChI is InChI=1S/C36H51N3O10S/c1-24(2)33(41)37-16-9-8-15-36(3,4)22-39(50(43,44)26-12-13-30-31(19-26)48-23-47-30)20-29(40)28(18-25-10-6-5-7-11-25)38-35(42)49-32-21-46-34-27(32)14-17-45-34/h5-7,10-13,19,24,27-29,32,34,40H,8-9,14-18,20-23H2,1-4H3,(H,37,41)(H,38,42)/t27-,28-,29+,32-,34+/m0/s1. The predicted octanol–water partition coefficient (Wildman–Crippen LogP) is 3.83. The van der Waals surface area contributed by atoms with Crippen LogP contribution in [0.4, 0.5) is 4.79 Å². The van der Waals surface area contributed by atoms with Crippen molar-refractivity contribution < 1.29 is 46.8 Å². The van der Waals surface area contributed by atoms with Crippen LogP contribution in [0.25, 0.3) is 0 Å². The molecule has 3 heterocycles. The van der Waals surface area contributed by atoms with Gasteiger partial charge >= 0.3 is 6.09 Å². The van der Waals surface area contributed by atoms with Gasteiger partial charge in [0.1, 0.15) is 6.10 Å². The van der Waals surface area contributed by atoms with E-state index < -0.39 is 46.1 Å². The van der Waals surface area contributed by atoms with Crippen molar-refractivity contribution in [2.45, 2.75) is 89.2 Å². The van der Waals surface area contributed by atoms with Crippen molar-refractivity contribution in [1.82, 2.24) is 14.9 Å². The quantitative estimate of drug-likeness (QED) is 0.205. The number of hydrogen-bond donors (Lipinski definition) is 3. The number of nitrogens with zero attached hydrogens (tertiary/aromatic N) is 1. The highest BCUT2D eigenvalue weighted by Crippen LogP contribution is 2.36. The number of carbonyl (C=O) groups excluding carboxylic acids is 2. The van der Waals surface area contributed by atoms with Gasteiger partial charge in [0.15, 0.2) is 17.8 Å². The summed E-state index contributed by atoms with van der Waals surface area (Å²) in [5.74, 6) is 0.617. The number of ether oxygens (including phenoxy) is 5. The van der Waals surface area contributed by atoms with Crippen LogP contribution < -0.4 is 20.1 Å². The summed E-state index contributed by atoms with van der Waals surface area (Å²) in [4.78, 5) is 25.2. The molecule has 0 aliphatic carbocycles. The van der Waals surface area contributed by atoms with Gasteiger partial charge in [-0.1, -0.05) is 64.4 Å². The number of alkyl carbamates (subject to hydrolysis) is 1. The van der Waals surface area contributed by atoms with Crippen molar-refractivity contribution in [2.24, 2.45) is 17.3 Å². The minimum atomic E-state index is -4.16. The zero-order valence-electron chi connectivity index (χ0n) is 29.3. The Morgan fingerprint density at radius 3 is 2.58 bits per heavy atom. The summed E-state index contributed by atoms with van der Waals surface area (Å²) in [6.45, 7) is 8.72. The summed E-state index contributed by atoms with van der Waals surface area (Å²) in [6, 6.07) is 12.9. The zero-order valence-corrected chi connectivity index (χ0v) is 30.2. The van der Waals surface area contributed by atoms with Crippen LogP contribution in [0.3, 0.4) is 0 Å². The molecule has 14 heteroatoms. The maximum atomic E-state index is 14.3. The highest BCUT2D eigenvalue weighted by atomic mass is 32.2. The number of aliphatic hydroxyl groups is 1. The molecule has 2 amide bonds. The van der Waals surface area contributed by atoms with Crippen molar-refractivity contribution in [3.63, 3.8) is 0 Å². The van der Waals surface area contributed by atoms with Gasteiger partial charge in [-0.25, -0.2) is 13.2 Å². The van der Waals surface area contributed by atoms with Crippen molar-refractivity contribution in [2.75, 3.05) is 39.6 Å². The van der Waals surface area contributed by atoms with Gasteiger partial charge in [-0.15, -0.1) is 0 Å². The van der Waals surface area contributed by atoms with Gasteiger partial charge in [-0.2, -0.15) is 4.31 Å². The Morgan fingerprint density at radius 2 is 1.82 bits per heavy atom. The zero-order chi connectivity index (χ0) is 35.9. The van der Waals surface area contributed by atoms with Crippen molar-refractivity contribution in [1.29, 1.82) is 0 Å². The lowest BCUT2D eigenvalue weighted by Gasteiger charge is -2.35. The number of amides is 2. The van der Waals surface area contributed by atoms with E-state index in [-0.39, 0.29) is 55.5 Å². The number of hydrogen-bond acceptors (Lipinski definition) is 10. The van der Waals surface area contributed by atoms with Gasteiger partial charge in [-0.3, -0.25) is 4.79 Å². The summed E-state index contributed by atoms with van der Waals surface area (Å²) >= 11 is 0. The summed E-state index contributed by atoms with van der Waals surface area (Å²) in [6.07, 6.45) is 0.205. The van der Waals surface area contributed by atoms with Crippen molar-refractivity contribution in [3.8, 4) is 11.5 Å². The number of benzene rings is 2. The van der Waals surface area contributed by atoms with Crippen LogP contribution in [0.5, 0.6) is 11.5 Å². The fraction of sp³-hybridized carbons (Fsp3) is 0.611. The molecule has 2 saturated heterocycles. The second kappa shape index (κ2) is 16.7. The number of fused-ring (bicyclic) bond motifs is 2. The lowest BCUT2D eigenvalue weighted by molar-refractivity contribution is -0.123. The number of rotatable bonds is 17. The van der Waals surface area contributed by atoms with Crippen molar-refractivity contribution in [3.05, 3.63) is 54.1 Å². The van der Waals surface area contributed by atoms with E-state index in [1.54, 1.807) is 6.07 Å². The van der Waals surface area contributed by atoms with Crippen LogP contribution in [0.15, 0.2) is 53.4 Å². The summed E-state index contributed by atoms with van der Waals surface area (Å²) in [5.41, 5.74) is 0.342. The Labute approximate surface area is 295 Å². The molecular weight excluding hydrogens is 666 g/mol. The normalized spacial score (nSPS) is 21.2. The molecule has 2 aromatic rings. The SMILES string of the molecule is CC(C)C(=O)NCCCCC(C)(C)CN(C[C@@H](O)[C@H](Cc1ccccc1)NC(=O)O[C@H]1CO[C@H]2OCC[C@H]21)S(=O)(=O)c1ccc2c(c1)OCO2. The van der Waals surface area contributed by atoms with Crippen LogP contribution >= 0.6 is 0 Å². The number of unbranched alkanes of at least 4 members (excludes halogenated alkanes) is 1. The second-order valence-electron chi connectivity index (χ2n) is 14.4. The van der Waals surface area contributed by atoms with Gasteiger partial charge in [0.25, 0.3) is 0 Å². The van der Waals surface area contributed by atoms with Crippen molar-refractivity contribution >= 4 is 22.0 Å². The molecule has 5 atom stereocenters. The smallest absolute Gasteiger partial charge is 0.407 e. The van der Waals surface area contributed by atoms with E-state index in [9.17, 15) is 23.1 Å². The average molecular weight is 718 g/mol. The van der Waals surface area contributed by atoms with Crippen LogP contribution in [0.2, 0.25) is 0 Å². The molecular formula is C36H51N3O10S. The Hall–Kier alpha value is -3.43. The van der Waals surface area contributed by atoms with Gasteiger partial charge in [0, 0.05) is 31.6 Å². The molecule has 3 aliphatic heterocycles. The first-order valence-electron chi connectivity index (χ1n) is 17.4. The van der Waals surface area contributed by atoms with E-state index in [0.717, 1.165) is 18.4 Å². The molecule has 0 spiro atoms. The highest BCUT2D eigenvalue weighted by Gasteiger charge is 2.44. The van der Waals surface area contributed by atoms with E-state index in [2.05, 4.69) is 10.6 Å². The molecule has 2 aromatic carbocycles. The second-order valence-corrected chi connectivity index (χ2v) is 16.3. The summed E-state index contributed by atoms with van der Waals surface area (Å²) in [5, 5.41) is 17.6. The molecule has 0 saturated carbocycles. The third-order valence-electron chi connectivity index (χ3n) is 9.39. The first-order chi connectivity index (χ1) is 23.8. The molecule has 276 valence electrons. The third kappa shape index (κ3) is 9.87. The van der Waals surface area contributed by atoms with Crippen LogP contribution in [-0.4, -0.2) is 94.0 Å². The van der Waals surface area contributed by atoms with Crippen LogP contribution in [0.1, 0.15) is 58.9 Å². The molecule has 0 unspecified atom stereocenters. The van der Waals surface area contributed by atoms with E-state index in [0.29, 0.717) is 37.5 Å². The Balaban J connectivity index is 1.33. The monoisotopic (exact) mass is 717 g/mol. The third-order valence-corrected chi connectivity index (χ3v) is 11.2. The topological polar surface area (TPSA) is 162 Å². The van der Waals surface area contributed by atoms with Gasteiger partial charge in [0.2, 0.25) is 22.7 Å². The molecule has 5 rings (SSSR count). The highest BCUT2D eigenvalue weighted by molar-refractivity contribution is 7.89. The van der Waals surface area contributed by atoms with E-state index in [4.69, 9.17) is 23.7 Å². The minimum absolute atomic E-state index is 0.00250. The molecule has 13 nitrogen and oxygen atoms in total. The first kappa shape index (κ1) is 37.8. The van der Waals surface area contributed by atoms with E-state index in [1.807, 2.05) is 58.0 Å². The van der Waals surface area contributed by atoms with Gasteiger partial charge < -0.3 is 39.4 Å². The maximum absolute atomic E-state index is 14.3. The average Bonchev–Trinajstić information content (AvgIpc) is 3.83.